The number of amides is 1. The van der Waals surface area contributed by atoms with Gasteiger partial charge in [-0.1, -0.05) is 6.42 Å². The molecule has 5 nitrogen and oxygen atoms in total. The topological polar surface area (TPSA) is 64.8 Å². The summed E-state index contributed by atoms with van der Waals surface area (Å²) in [5, 5.41) is 0. The molecule has 0 bridgehead atoms. The van der Waals surface area contributed by atoms with Crippen LogP contribution in [0.25, 0.3) is 0 Å². The van der Waals surface area contributed by atoms with Gasteiger partial charge in [0, 0.05) is 19.1 Å². The highest BCUT2D eigenvalue weighted by molar-refractivity contribution is 5.65. The minimum atomic E-state index is -0.613. The number of nitrogens with zero attached hydrogens (tertiary/aromatic N) is 1. The molecule has 21 heavy (non-hydrogen) atoms. The van der Waals surface area contributed by atoms with Crippen molar-refractivity contribution in [3.63, 3.8) is 0 Å². The number of primary amides is 1. The third-order valence-corrected chi connectivity index (χ3v) is 5.01. The largest absolute Gasteiger partial charge is 0.443 e. The molecule has 1 unspecified atom stereocenters. The Hall–Kier alpha value is -0.810. The van der Waals surface area contributed by atoms with Crippen molar-refractivity contribution in [2.24, 2.45) is 5.73 Å². The molecule has 0 aromatic rings. The summed E-state index contributed by atoms with van der Waals surface area (Å²) >= 11 is 0. The fourth-order valence-electron chi connectivity index (χ4n) is 3.73. The number of ether oxygens (including phenoxy) is 2. The molecular formula is C16H30N2O3. The maximum atomic E-state index is 11.2. The molecular weight excluding hydrogens is 268 g/mol. The molecule has 0 radical (unpaired) electrons. The zero-order valence-corrected chi connectivity index (χ0v) is 13.3. The van der Waals surface area contributed by atoms with E-state index in [0.29, 0.717) is 6.04 Å². The van der Waals surface area contributed by atoms with Crippen LogP contribution in [0, 0.1) is 0 Å². The Morgan fingerprint density at radius 1 is 1.29 bits per heavy atom. The number of rotatable bonds is 6. The second-order valence-electron chi connectivity index (χ2n) is 6.55. The maximum Gasteiger partial charge on any atom is 0.405 e. The molecule has 1 saturated heterocycles. The molecule has 0 aromatic carbocycles. The molecule has 2 rings (SSSR count). The van der Waals surface area contributed by atoms with E-state index in [1.807, 2.05) is 0 Å². The number of nitrogens with two attached hydrogens (primary N) is 1. The summed E-state index contributed by atoms with van der Waals surface area (Å²) in [6.07, 6.45) is 8.05. The first-order valence-corrected chi connectivity index (χ1v) is 8.42. The van der Waals surface area contributed by atoms with Crippen molar-refractivity contribution in [2.75, 3.05) is 26.3 Å². The Labute approximate surface area is 128 Å². The average Bonchev–Trinajstić information content (AvgIpc) is 2.48. The summed E-state index contributed by atoms with van der Waals surface area (Å²) in [4.78, 5) is 13.7. The van der Waals surface area contributed by atoms with Gasteiger partial charge in [-0.2, -0.15) is 0 Å². The first-order chi connectivity index (χ1) is 10.1. The monoisotopic (exact) mass is 298 g/mol. The van der Waals surface area contributed by atoms with Crippen molar-refractivity contribution >= 4 is 6.09 Å². The molecule has 2 aliphatic rings. The molecule has 5 heteroatoms. The van der Waals surface area contributed by atoms with E-state index in [1.165, 1.54) is 6.42 Å². The van der Waals surface area contributed by atoms with Crippen LogP contribution in [0.3, 0.4) is 0 Å². The van der Waals surface area contributed by atoms with Gasteiger partial charge in [0.1, 0.15) is 5.60 Å². The van der Waals surface area contributed by atoms with Crippen LogP contribution in [0.1, 0.15) is 58.3 Å². The molecule has 122 valence electrons. The lowest BCUT2D eigenvalue weighted by Gasteiger charge is -2.37. The number of carbonyl (C=O) groups excluding carboxylic acids is 1. The van der Waals surface area contributed by atoms with E-state index in [9.17, 15) is 4.79 Å². The van der Waals surface area contributed by atoms with E-state index in [0.717, 1.165) is 71.2 Å². The molecule has 1 saturated carbocycles. The van der Waals surface area contributed by atoms with E-state index in [1.54, 1.807) is 0 Å². The third-order valence-electron chi connectivity index (χ3n) is 5.01. The molecule has 1 heterocycles. The lowest BCUT2D eigenvalue weighted by atomic mass is 9.80. The third kappa shape index (κ3) is 5.15. The summed E-state index contributed by atoms with van der Waals surface area (Å²) in [6.45, 7) is 6.04. The van der Waals surface area contributed by atoms with Gasteiger partial charge in [0.05, 0.1) is 13.2 Å². The normalized spacial score (nSPS) is 24.4. The van der Waals surface area contributed by atoms with E-state index < -0.39 is 6.09 Å². The first-order valence-electron chi connectivity index (χ1n) is 8.42. The second kappa shape index (κ2) is 7.99. The number of morpholine rings is 1. The minimum absolute atomic E-state index is 0.283. The maximum absolute atomic E-state index is 11.2. The van der Waals surface area contributed by atoms with Gasteiger partial charge in [0.2, 0.25) is 0 Å². The summed E-state index contributed by atoms with van der Waals surface area (Å²) in [5.41, 5.74) is 4.99. The summed E-state index contributed by atoms with van der Waals surface area (Å²) in [6, 6.07) is 0.572. The Morgan fingerprint density at radius 2 is 1.95 bits per heavy atom. The Bertz CT molecular complexity index is 323. The molecule has 1 aliphatic carbocycles. The smallest absolute Gasteiger partial charge is 0.405 e. The zero-order chi connectivity index (χ0) is 15.1. The number of hydrogen-bond acceptors (Lipinski definition) is 4. The standard InChI is InChI=1S/C16H30N2O3/c1-14(18-10-12-20-13-11-18)6-5-9-16(21-15(17)19)7-3-2-4-8-16/h14H,2-13H2,1H3,(H2,17,19). The molecule has 0 aromatic heterocycles. The van der Waals surface area contributed by atoms with E-state index in [-0.39, 0.29) is 5.60 Å². The van der Waals surface area contributed by atoms with Crippen LogP contribution in [0.5, 0.6) is 0 Å². The van der Waals surface area contributed by atoms with Crippen molar-refractivity contribution < 1.29 is 14.3 Å². The van der Waals surface area contributed by atoms with Gasteiger partial charge in [-0.3, -0.25) is 4.90 Å². The Balaban J connectivity index is 1.77. The van der Waals surface area contributed by atoms with Gasteiger partial charge in [-0.15, -0.1) is 0 Å². The highest BCUT2D eigenvalue weighted by atomic mass is 16.6. The van der Waals surface area contributed by atoms with Crippen LogP contribution in [0.2, 0.25) is 0 Å². The van der Waals surface area contributed by atoms with E-state index >= 15 is 0 Å². The fourth-order valence-corrected chi connectivity index (χ4v) is 3.73. The van der Waals surface area contributed by atoms with Crippen LogP contribution in [-0.4, -0.2) is 48.9 Å². The summed E-state index contributed by atoms with van der Waals surface area (Å²) in [7, 11) is 0. The van der Waals surface area contributed by atoms with Crippen molar-refractivity contribution in [1.82, 2.24) is 4.90 Å². The predicted molar refractivity (Wildman–Crippen MR) is 82.2 cm³/mol. The Morgan fingerprint density at radius 3 is 2.57 bits per heavy atom. The second-order valence-corrected chi connectivity index (χ2v) is 6.55. The van der Waals surface area contributed by atoms with E-state index in [4.69, 9.17) is 15.2 Å². The van der Waals surface area contributed by atoms with Crippen molar-refractivity contribution in [1.29, 1.82) is 0 Å². The van der Waals surface area contributed by atoms with Crippen molar-refractivity contribution in [3.05, 3.63) is 0 Å². The number of carbonyl (C=O) groups is 1. The molecule has 1 amide bonds. The molecule has 0 spiro atoms. The van der Waals surface area contributed by atoms with Crippen LogP contribution in [-0.2, 0) is 9.47 Å². The molecule has 2 fully saturated rings. The van der Waals surface area contributed by atoms with Crippen molar-refractivity contribution in [2.45, 2.75) is 69.9 Å². The summed E-state index contributed by atoms with van der Waals surface area (Å²) in [5.74, 6) is 0. The van der Waals surface area contributed by atoms with Crippen LogP contribution in [0.4, 0.5) is 4.79 Å². The van der Waals surface area contributed by atoms with Gasteiger partial charge in [0.25, 0.3) is 0 Å². The van der Waals surface area contributed by atoms with Gasteiger partial charge in [0.15, 0.2) is 0 Å². The van der Waals surface area contributed by atoms with E-state index in [2.05, 4.69) is 11.8 Å². The van der Waals surface area contributed by atoms with Gasteiger partial charge < -0.3 is 15.2 Å². The highest BCUT2D eigenvalue weighted by Gasteiger charge is 2.35. The number of hydrogen-bond donors (Lipinski definition) is 1. The van der Waals surface area contributed by atoms with Crippen LogP contribution >= 0.6 is 0 Å². The SMILES string of the molecule is CC(CCCC1(OC(N)=O)CCCCC1)N1CCOCC1. The average molecular weight is 298 g/mol. The lowest BCUT2D eigenvalue weighted by molar-refractivity contribution is -0.0230. The van der Waals surface area contributed by atoms with Crippen molar-refractivity contribution in [3.8, 4) is 0 Å². The molecule has 1 aliphatic heterocycles. The molecule has 1 atom stereocenters. The highest BCUT2D eigenvalue weighted by Crippen LogP contribution is 2.36. The van der Waals surface area contributed by atoms with Gasteiger partial charge in [-0.25, -0.2) is 4.79 Å². The molecule has 2 N–H and O–H groups in total. The predicted octanol–water partition coefficient (Wildman–Crippen LogP) is 2.68. The summed E-state index contributed by atoms with van der Waals surface area (Å²) < 4.78 is 10.9. The Kier molecular flexibility index (Phi) is 6.30. The quantitative estimate of drug-likeness (QED) is 0.819. The fraction of sp³-hybridized carbons (Fsp3) is 0.938. The lowest BCUT2D eigenvalue weighted by Crippen LogP contribution is -2.43. The van der Waals surface area contributed by atoms with Crippen LogP contribution < -0.4 is 5.73 Å². The minimum Gasteiger partial charge on any atom is -0.443 e. The van der Waals surface area contributed by atoms with Gasteiger partial charge in [-0.05, 0) is 51.9 Å². The zero-order valence-electron chi connectivity index (χ0n) is 13.3. The van der Waals surface area contributed by atoms with Crippen LogP contribution in [0.15, 0.2) is 0 Å². The first kappa shape index (κ1) is 16.6. The van der Waals surface area contributed by atoms with Gasteiger partial charge >= 0.3 is 6.09 Å².